The van der Waals surface area contributed by atoms with E-state index >= 15 is 0 Å². The quantitative estimate of drug-likeness (QED) is 0.461. The maximum Gasteiger partial charge on any atom is 0.230 e. The molecular weight excluding hydrogens is 394 g/mol. The number of thiazole rings is 1. The maximum atomic E-state index is 12.4. The summed E-state index contributed by atoms with van der Waals surface area (Å²) in [6.07, 6.45) is 0.864. The number of amides is 1. The van der Waals surface area contributed by atoms with Crippen LogP contribution in [0.4, 0.5) is 10.8 Å². The van der Waals surface area contributed by atoms with Crippen LogP contribution in [-0.4, -0.2) is 29.4 Å². The minimum absolute atomic E-state index is 0.0282. The van der Waals surface area contributed by atoms with Gasteiger partial charge in [-0.2, -0.15) is 0 Å². The molecule has 158 valence electrons. The zero-order chi connectivity index (χ0) is 21.5. The lowest BCUT2D eigenvalue weighted by Gasteiger charge is -2.21. The third kappa shape index (κ3) is 5.46. The molecule has 1 heterocycles. The number of carbonyl (C=O) groups excluding carboxylic acids is 1. The van der Waals surface area contributed by atoms with E-state index in [2.05, 4.69) is 37.1 Å². The predicted molar refractivity (Wildman–Crippen MR) is 124 cm³/mol. The van der Waals surface area contributed by atoms with Gasteiger partial charge in [0.05, 0.1) is 18.0 Å². The number of hydrogen-bond donors (Lipinski definition) is 0. The summed E-state index contributed by atoms with van der Waals surface area (Å²) in [7, 11) is 2.07. The van der Waals surface area contributed by atoms with Gasteiger partial charge in [-0.05, 0) is 49.7 Å². The second-order valence-corrected chi connectivity index (χ2v) is 8.04. The maximum absolute atomic E-state index is 12.4. The van der Waals surface area contributed by atoms with Gasteiger partial charge in [-0.1, -0.05) is 37.3 Å². The summed E-state index contributed by atoms with van der Waals surface area (Å²) in [6.45, 7) is 7.87. The van der Waals surface area contributed by atoms with Gasteiger partial charge in [-0.25, -0.2) is 4.98 Å². The average molecular weight is 424 g/mol. The molecule has 2 aromatic carbocycles. The van der Waals surface area contributed by atoms with E-state index in [0.717, 1.165) is 35.7 Å². The summed E-state index contributed by atoms with van der Waals surface area (Å²) in [5.41, 5.74) is 4.23. The van der Waals surface area contributed by atoms with Gasteiger partial charge in [0.2, 0.25) is 5.91 Å². The van der Waals surface area contributed by atoms with Crippen LogP contribution in [0.3, 0.4) is 0 Å². The highest BCUT2D eigenvalue weighted by molar-refractivity contribution is 7.14. The largest absolute Gasteiger partial charge is 0.494 e. The van der Waals surface area contributed by atoms with E-state index in [1.54, 1.807) is 11.8 Å². The third-order valence-electron chi connectivity index (χ3n) is 4.78. The number of hydrogen-bond acceptors (Lipinski definition) is 5. The van der Waals surface area contributed by atoms with Gasteiger partial charge in [0.1, 0.15) is 5.75 Å². The highest BCUT2D eigenvalue weighted by atomic mass is 32.1. The summed E-state index contributed by atoms with van der Waals surface area (Å²) in [5.74, 6) is 0.865. The number of para-hydroxylation sites is 1. The monoisotopic (exact) mass is 423 g/mol. The summed E-state index contributed by atoms with van der Waals surface area (Å²) in [4.78, 5) is 21.1. The van der Waals surface area contributed by atoms with Crippen molar-refractivity contribution in [3.8, 4) is 5.75 Å². The molecule has 1 aromatic heterocycles. The Kier molecular flexibility index (Phi) is 7.60. The van der Waals surface area contributed by atoms with Crippen molar-refractivity contribution in [2.45, 2.75) is 40.3 Å². The lowest BCUT2D eigenvalue weighted by molar-refractivity contribution is -0.115. The molecule has 3 rings (SSSR count). The van der Waals surface area contributed by atoms with E-state index in [0.29, 0.717) is 18.3 Å². The molecule has 0 aliphatic rings. The standard InChI is InChI=1S/C24H29N3O2S/c1-5-20-9-7-8-10-23(20)27(18(3)28)24-25-21(17-30-24)16-26(4)15-19-11-13-22(14-12-19)29-6-2/h7-14,17H,5-6,15-16H2,1-4H3. The smallest absolute Gasteiger partial charge is 0.230 e. The normalized spacial score (nSPS) is 11.0. The van der Waals surface area contributed by atoms with Crippen molar-refractivity contribution in [2.75, 3.05) is 18.6 Å². The van der Waals surface area contributed by atoms with Crippen molar-refractivity contribution in [1.82, 2.24) is 9.88 Å². The molecule has 0 atom stereocenters. The second kappa shape index (κ2) is 10.4. The summed E-state index contributed by atoms with van der Waals surface area (Å²) in [6, 6.07) is 16.2. The van der Waals surface area contributed by atoms with E-state index in [1.165, 1.54) is 16.9 Å². The van der Waals surface area contributed by atoms with Crippen molar-refractivity contribution in [3.63, 3.8) is 0 Å². The van der Waals surface area contributed by atoms with Crippen LogP contribution in [0.5, 0.6) is 5.75 Å². The number of anilines is 2. The van der Waals surface area contributed by atoms with Crippen LogP contribution in [0.25, 0.3) is 0 Å². The molecule has 5 nitrogen and oxygen atoms in total. The number of nitrogens with zero attached hydrogens (tertiary/aromatic N) is 3. The van der Waals surface area contributed by atoms with Crippen molar-refractivity contribution < 1.29 is 9.53 Å². The third-order valence-corrected chi connectivity index (χ3v) is 5.65. The molecule has 0 aliphatic carbocycles. The van der Waals surface area contributed by atoms with Gasteiger partial charge >= 0.3 is 0 Å². The first kappa shape index (κ1) is 22.0. The lowest BCUT2D eigenvalue weighted by Crippen LogP contribution is -2.24. The van der Waals surface area contributed by atoms with E-state index < -0.39 is 0 Å². The van der Waals surface area contributed by atoms with Gasteiger partial charge in [0, 0.05) is 25.4 Å². The minimum atomic E-state index is -0.0282. The zero-order valence-corrected chi connectivity index (χ0v) is 18.9. The van der Waals surface area contributed by atoms with Crippen molar-refractivity contribution >= 4 is 28.1 Å². The van der Waals surface area contributed by atoms with E-state index in [4.69, 9.17) is 9.72 Å². The Hall–Kier alpha value is -2.70. The molecular formula is C24H29N3O2S. The van der Waals surface area contributed by atoms with E-state index in [-0.39, 0.29) is 5.91 Å². The molecule has 1 amide bonds. The van der Waals surface area contributed by atoms with Gasteiger partial charge in [-0.3, -0.25) is 14.6 Å². The molecule has 0 unspecified atom stereocenters. The summed E-state index contributed by atoms with van der Waals surface area (Å²) >= 11 is 1.51. The van der Waals surface area contributed by atoms with Crippen LogP contribution < -0.4 is 9.64 Å². The minimum Gasteiger partial charge on any atom is -0.494 e. The molecule has 3 aromatic rings. The van der Waals surface area contributed by atoms with Crippen LogP contribution in [-0.2, 0) is 24.3 Å². The average Bonchev–Trinajstić information content (AvgIpc) is 3.17. The van der Waals surface area contributed by atoms with Gasteiger partial charge < -0.3 is 4.74 Å². The molecule has 0 fully saturated rings. The lowest BCUT2D eigenvalue weighted by atomic mass is 10.1. The topological polar surface area (TPSA) is 45.7 Å². The Morgan fingerprint density at radius 1 is 1.07 bits per heavy atom. The van der Waals surface area contributed by atoms with Crippen LogP contribution >= 0.6 is 11.3 Å². The fourth-order valence-electron chi connectivity index (χ4n) is 3.41. The first-order chi connectivity index (χ1) is 14.5. The van der Waals surface area contributed by atoms with E-state index in [9.17, 15) is 4.79 Å². The summed E-state index contributed by atoms with van der Waals surface area (Å²) in [5, 5.41) is 2.75. The number of carbonyl (C=O) groups is 1. The molecule has 6 heteroatoms. The number of rotatable bonds is 9. The fraction of sp³-hybridized carbons (Fsp3) is 0.333. The molecule has 0 bridgehead atoms. The van der Waals surface area contributed by atoms with Gasteiger partial charge in [-0.15, -0.1) is 11.3 Å². The zero-order valence-electron chi connectivity index (χ0n) is 18.1. The van der Waals surface area contributed by atoms with Crippen LogP contribution in [0.15, 0.2) is 53.9 Å². The second-order valence-electron chi connectivity index (χ2n) is 7.21. The first-order valence-corrected chi connectivity index (χ1v) is 11.1. The Morgan fingerprint density at radius 2 is 1.80 bits per heavy atom. The highest BCUT2D eigenvalue weighted by Crippen LogP contribution is 2.32. The highest BCUT2D eigenvalue weighted by Gasteiger charge is 2.20. The molecule has 0 aliphatic heterocycles. The SMILES string of the molecule is CCOc1ccc(CN(C)Cc2csc(N(C(C)=O)c3ccccc3CC)n2)cc1. The number of ether oxygens (including phenoxy) is 1. The van der Waals surface area contributed by atoms with E-state index in [1.807, 2.05) is 42.6 Å². The Labute approximate surface area is 182 Å². The molecule has 0 radical (unpaired) electrons. The molecule has 0 spiro atoms. The fourth-order valence-corrected chi connectivity index (χ4v) is 4.28. The predicted octanol–water partition coefficient (Wildman–Crippen LogP) is 5.42. The molecule has 0 N–H and O–H groups in total. The first-order valence-electron chi connectivity index (χ1n) is 10.2. The molecule has 0 saturated carbocycles. The van der Waals surface area contributed by atoms with Crippen LogP contribution in [0.1, 0.15) is 37.6 Å². The molecule has 30 heavy (non-hydrogen) atoms. The Bertz CT molecular complexity index is 969. The van der Waals surface area contributed by atoms with Gasteiger partial charge in [0.15, 0.2) is 5.13 Å². The molecule has 0 saturated heterocycles. The number of aromatic nitrogens is 1. The summed E-state index contributed by atoms with van der Waals surface area (Å²) < 4.78 is 5.50. The Morgan fingerprint density at radius 3 is 2.47 bits per heavy atom. The van der Waals surface area contributed by atoms with Crippen molar-refractivity contribution in [1.29, 1.82) is 0 Å². The number of benzene rings is 2. The Balaban J connectivity index is 1.70. The van der Waals surface area contributed by atoms with Crippen LogP contribution in [0.2, 0.25) is 0 Å². The van der Waals surface area contributed by atoms with Crippen molar-refractivity contribution in [3.05, 3.63) is 70.7 Å². The van der Waals surface area contributed by atoms with Crippen molar-refractivity contribution in [2.24, 2.45) is 0 Å². The number of aryl methyl sites for hydroxylation is 1. The van der Waals surface area contributed by atoms with Crippen LogP contribution in [0, 0.1) is 0 Å². The van der Waals surface area contributed by atoms with Gasteiger partial charge in [0.25, 0.3) is 0 Å².